The first-order valence-corrected chi connectivity index (χ1v) is 9.52. The first kappa shape index (κ1) is 17.2. The summed E-state index contributed by atoms with van der Waals surface area (Å²) in [5, 5.41) is 1.41. The van der Waals surface area contributed by atoms with E-state index in [0.29, 0.717) is 15.1 Å². The van der Waals surface area contributed by atoms with Gasteiger partial charge < -0.3 is 0 Å². The van der Waals surface area contributed by atoms with Crippen molar-refractivity contribution in [1.29, 1.82) is 0 Å². The van der Waals surface area contributed by atoms with Crippen LogP contribution in [-0.4, -0.2) is 8.07 Å². The molecule has 0 bridgehead atoms. The van der Waals surface area contributed by atoms with Crippen molar-refractivity contribution < 1.29 is 0 Å². The summed E-state index contributed by atoms with van der Waals surface area (Å²) < 4.78 is 0. The summed E-state index contributed by atoms with van der Waals surface area (Å²) in [4.78, 5) is 0. The second-order valence-electron chi connectivity index (χ2n) is 8.76. The predicted octanol–water partition coefficient (Wildman–Crippen LogP) is 6.64. The van der Waals surface area contributed by atoms with Gasteiger partial charge in [0.15, 0.2) is 0 Å². The molecule has 0 aromatic heterocycles. The lowest BCUT2D eigenvalue weighted by molar-refractivity contribution is 0.520. The first-order chi connectivity index (χ1) is 7.31. The number of hydrogen-bond donors (Lipinski definition) is 0. The summed E-state index contributed by atoms with van der Waals surface area (Å²) in [6, 6.07) is 1.47. The van der Waals surface area contributed by atoms with Crippen LogP contribution in [0.1, 0.15) is 82.1 Å². The van der Waals surface area contributed by atoms with Crippen molar-refractivity contribution in [2.75, 3.05) is 0 Å². The fourth-order valence-electron chi connectivity index (χ4n) is 4.94. The fourth-order valence-corrected chi connectivity index (χ4v) is 14.8. The molecular weight excluding hydrogens is 220 g/mol. The van der Waals surface area contributed by atoms with Crippen LogP contribution in [-0.2, 0) is 0 Å². The van der Waals surface area contributed by atoms with Gasteiger partial charge in [0.25, 0.3) is 0 Å². The molecule has 0 spiro atoms. The minimum absolute atomic E-state index is 0.471. The molecule has 0 N–H and O–H groups in total. The molecule has 0 aromatic carbocycles. The van der Waals surface area contributed by atoms with Gasteiger partial charge in [-0.25, -0.2) is 0 Å². The van der Waals surface area contributed by atoms with Gasteiger partial charge in [-0.15, -0.1) is 0 Å². The summed E-state index contributed by atoms with van der Waals surface area (Å²) in [6.45, 7) is 24.7. The number of hydrogen-bond acceptors (Lipinski definition) is 0. The molecule has 0 unspecified atom stereocenters. The second-order valence-corrected chi connectivity index (χ2v) is 15.6. The van der Waals surface area contributed by atoms with Crippen LogP contribution in [0.2, 0.25) is 21.2 Å². The number of rotatable bonds is 3. The molecule has 104 valence electrons. The van der Waals surface area contributed by atoms with Gasteiger partial charge in [-0.05, 0) is 15.1 Å². The molecule has 0 aliphatic heterocycles. The van der Waals surface area contributed by atoms with Gasteiger partial charge in [-0.2, -0.15) is 0 Å². The van der Waals surface area contributed by atoms with Crippen molar-refractivity contribution in [3.63, 3.8) is 0 Å². The summed E-state index contributed by atoms with van der Waals surface area (Å²) >= 11 is 0. The molecule has 0 aromatic rings. The zero-order valence-corrected chi connectivity index (χ0v) is 15.1. The van der Waals surface area contributed by atoms with Crippen molar-refractivity contribution in [3.05, 3.63) is 0 Å². The molecule has 0 nitrogen and oxygen atoms in total. The van der Waals surface area contributed by atoms with Gasteiger partial charge >= 0.3 is 0 Å². The van der Waals surface area contributed by atoms with E-state index in [0.717, 1.165) is 0 Å². The van der Waals surface area contributed by atoms with Crippen molar-refractivity contribution in [1.82, 2.24) is 0 Å². The highest BCUT2D eigenvalue weighted by atomic mass is 28.3. The van der Waals surface area contributed by atoms with E-state index in [-0.39, 0.29) is 0 Å². The molecular formula is C16H36Si. The molecule has 17 heavy (non-hydrogen) atoms. The average molecular weight is 257 g/mol. The largest absolute Gasteiger partial charge is 0.0697 e. The lowest BCUT2D eigenvalue weighted by Crippen LogP contribution is -2.58. The summed E-state index contributed by atoms with van der Waals surface area (Å²) in [7, 11) is -1.42. The maximum atomic E-state index is 2.49. The predicted molar refractivity (Wildman–Crippen MR) is 84.6 cm³/mol. The van der Waals surface area contributed by atoms with Gasteiger partial charge in [0.1, 0.15) is 0 Å². The molecule has 0 radical (unpaired) electrons. The van der Waals surface area contributed by atoms with E-state index in [2.05, 4.69) is 69.2 Å². The minimum atomic E-state index is -1.42. The van der Waals surface area contributed by atoms with Crippen molar-refractivity contribution >= 4 is 8.07 Å². The van der Waals surface area contributed by atoms with E-state index in [4.69, 9.17) is 0 Å². The SMILES string of the molecule is CCCC[Si](C(C)(C)C)(C(C)(C)C)C(C)(C)C. The average Bonchev–Trinajstić information content (AvgIpc) is 1.96. The summed E-state index contributed by atoms with van der Waals surface area (Å²) in [6.07, 6.45) is 2.73. The third kappa shape index (κ3) is 3.16. The lowest BCUT2D eigenvalue weighted by Gasteiger charge is -2.60. The molecule has 0 aliphatic carbocycles. The number of unbranched alkanes of at least 4 members (excludes halogenated alkanes) is 1. The van der Waals surface area contributed by atoms with Gasteiger partial charge in [-0.1, -0.05) is 88.1 Å². The first-order valence-electron chi connectivity index (χ1n) is 7.31. The van der Waals surface area contributed by atoms with Crippen LogP contribution in [0.3, 0.4) is 0 Å². The summed E-state index contributed by atoms with van der Waals surface area (Å²) in [5.41, 5.74) is 0. The van der Waals surface area contributed by atoms with Crippen molar-refractivity contribution in [3.8, 4) is 0 Å². The van der Waals surface area contributed by atoms with Crippen LogP contribution < -0.4 is 0 Å². The van der Waals surface area contributed by atoms with E-state index in [9.17, 15) is 0 Å². The Morgan fingerprint density at radius 2 is 0.941 bits per heavy atom. The van der Waals surface area contributed by atoms with Crippen LogP contribution in [0.4, 0.5) is 0 Å². The Kier molecular flexibility index (Phi) is 5.13. The highest BCUT2D eigenvalue weighted by Gasteiger charge is 2.58. The van der Waals surface area contributed by atoms with E-state index in [1.54, 1.807) is 0 Å². The Morgan fingerprint density at radius 1 is 0.647 bits per heavy atom. The normalized spacial score (nSPS) is 15.2. The van der Waals surface area contributed by atoms with Gasteiger partial charge in [0.05, 0.1) is 8.07 Å². The second kappa shape index (κ2) is 5.07. The van der Waals surface area contributed by atoms with E-state index in [1.165, 1.54) is 18.9 Å². The third-order valence-corrected chi connectivity index (χ3v) is 13.5. The van der Waals surface area contributed by atoms with Gasteiger partial charge in [-0.3, -0.25) is 0 Å². The Morgan fingerprint density at radius 3 is 1.12 bits per heavy atom. The summed E-state index contributed by atoms with van der Waals surface area (Å²) in [5.74, 6) is 0. The van der Waals surface area contributed by atoms with Gasteiger partial charge in [0.2, 0.25) is 0 Å². The van der Waals surface area contributed by atoms with E-state index < -0.39 is 8.07 Å². The van der Waals surface area contributed by atoms with Crippen LogP contribution in [0, 0.1) is 0 Å². The highest BCUT2D eigenvalue weighted by Crippen LogP contribution is 2.64. The minimum Gasteiger partial charge on any atom is -0.0654 e. The molecule has 0 heterocycles. The molecule has 0 amide bonds. The maximum absolute atomic E-state index is 2.49. The van der Waals surface area contributed by atoms with E-state index >= 15 is 0 Å². The van der Waals surface area contributed by atoms with Gasteiger partial charge in [0, 0.05) is 0 Å². The van der Waals surface area contributed by atoms with Crippen molar-refractivity contribution in [2.24, 2.45) is 0 Å². The van der Waals surface area contributed by atoms with E-state index in [1.807, 2.05) is 0 Å². The third-order valence-electron chi connectivity index (χ3n) is 4.75. The van der Waals surface area contributed by atoms with Crippen LogP contribution in [0.5, 0.6) is 0 Å². The fraction of sp³-hybridized carbons (Fsp3) is 1.00. The molecule has 0 saturated heterocycles. The lowest BCUT2D eigenvalue weighted by atomic mass is 10.2. The zero-order chi connectivity index (χ0) is 14.1. The highest BCUT2D eigenvalue weighted by molar-refractivity contribution is 6.87. The Balaban J connectivity index is 5.75. The quantitative estimate of drug-likeness (QED) is 0.497. The van der Waals surface area contributed by atoms with Crippen LogP contribution >= 0.6 is 0 Å². The molecule has 0 aliphatic rings. The standard InChI is InChI=1S/C16H36Si/c1-11-12-13-17(14(2,3)4,15(5,6)7)16(8,9)10/h11-13H2,1-10H3. The Labute approximate surface area is 112 Å². The van der Waals surface area contributed by atoms with Crippen LogP contribution in [0.25, 0.3) is 0 Å². The molecule has 0 fully saturated rings. The smallest absolute Gasteiger partial charge is 0.0654 e. The molecule has 0 saturated carbocycles. The zero-order valence-electron chi connectivity index (χ0n) is 14.1. The monoisotopic (exact) mass is 256 g/mol. The Bertz CT molecular complexity index is 196. The molecule has 0 rings (SSSR count). The van der Waals surface area contributed by atoms with Crippen molar-refractivity contribution in [2.45, 2.75) is 103 Å². The maximum Gasteiger partial charge on any atom is 0.0697 e. The van der Waals surface area contributed by atoms with Crippen LogP contribution in [0.15, 0.2) is 0 Å². The molecule has 1 heteroatoms. The topological polar surface area (TPSA) is 0 Å². The molecule has 0 atom stereocenters. The Hall–Kier alpha value is 0.217.